The van der Waals surface area contributed by atoms with Gasteiger partial charge in [-0.2, -0.15) is 0 Å². The van der Waals surface area contributed by atoms with Crippen molar-refractivity contribution in [3.63, 3.8) is 0 Å². The molecule has 4 nitrogen and oxygen atoms in total. The Bertz CT molecular complexity index is 3740. The summed E-state index contributed by atoms with van der Waals surface area (Å²) in [5, 5.41) is 9.73. The maximum absolute atomic E-state index is 5.33. The van der Waals surface area contributed by atoms with E-state index in [1.54, 1.807) is 11.3 Å². The Kier molecular flexibility index (Phi) is 8.36. The molecule has 0 saturated heterocycles. The fourth-order valence-electron chi connectivity index (χ4n) is 9.76. The Hall–Kier alpha value is -8.25. The predicted octanol–water partition coefficient (Wildman–Crippen LogP) is 16.0. The van der Waals surface area contributed by atoms with Crippen LogP contribution in [0.3, 0.4) is 0 Å². The fourth-order valence-corrected chi connectivity index (χ4v) is 10.9. The summed E-state index contributed by atoms with van der Waals surface area (Å²) < 4.78 is 4.86. The first-order valence-electron chi connectivity index (χ1n) is 21.6. The minimum absolute atomic E-state index is 0.637. The zero-order valence-corrected chi connectivity index (χ0v) is 35.3. The second kappa shape index (κ2) is 14.7. The van der Waals surface area contributed by atoms with E-state index in [9.17, 15) is 0 Å². The van der Waals surface area contributed by atoms with Crippen LogP contribution < -0.4 is 0 Å². The van der Waals surface area contributed by atoms with Crippen LogP contribution in [-0.2, 0) is 0 Å². The Balaban J connectivity index is 1.21. The normalized spacial score (nSPS) is 11.8. The molecular formula is C59H36N4S. The molecule has 3 heterocycles. The van der Waals surface area contributed by atoms with Crippen molar-refractivity contribution in [1.82, 2.24) is 19.5 Å². The van der Waals surface area contributed by atoms with E-state index in [2.05, 4.69) is 187 Å². The smallest absolute Gasteiger partial charge is 0.165 e. The molecule has 0 unspecified atom stereocenters. The SMILES string of the molecule is c1ccc(-c2nc(-c3ccccc3)nc(-c3cc(-n4c5cc(-c6ccccc6)c6ccccc6c5c5c6ccccc6c(-c6ccccc6)cc54)cc4c3sc3ccccc34)n2)cc1. The van der Waals surface area contributed by atoms with E-state index in [1.165, 1.54) is 70.0 Å². The molecule has 0 N–H and O–H groups in total. The van der Waals surface area contributed by atoms with Gasteiger partial charge in [-0.05, 0) is 74.1 Å². The highest BCUT2D eigenvalue weighted by Gasteiger charge is 2.24. The molecule has 0 atom stereocenters. The van der Waals surface area contributed by atoms with Crippen molar-refractivity contribution in [3.8, 4) is 62.1 Å². The van der Waals surface area contributed by atoms with Crippen molar-refractivity contribution in [2.24, 2.45) is 0 Å². The lowest BCUT2D eigenvalue weighted by atomic mass is 9.92. The van der Waals surface area contributed by atoms with E-state index in [0.717, 1.165) is 38.1 Å². The molecule has 298 valence electrons. The molecule has 0 aliphatic heterocycles. The number of thiophene rings is 1. The molecule has 0 amide bonds. The van der Waals surface area contributed by atoms with Crippen LogP contribution in [-0.4, -0.2) is 19.5 Å². The summed E-state index contributed by atoms with van der Waals surface area (Å²) in [7, 11) is 0. The van der Waals surface area contributed by atoms with Gasteiger partial charge < -0.3 is 4.57 Å². The first-order valence-corrected chi connectivity index (χ1v) is 22.4. The monoisotopic (exact) mass is 832 g/mol. The van der Waals surface area contributed by atoms with Crippen molar-refractivity contribution < 1.29 is 0 Å². The maximum atomic E-state index is 5.33. The highest BCUT2D eigenvalue weighted by Crippen LogP contribution is 2.48. The summed E-state index contributed by atoms with van der Waals surface area (Å²) in [6, 6.07) is 78.2. The molecule has 0 saturated carbocycles. The summed E-state index contributed by atoms with van der Waals surface area (Å²) in [4.78, 5) is 15.8. The molecule has 13 aromatic rings. The first-order chi connectivity index (χ1) is 31.7. The van der Waals surface area contributed by atoms with Gasteiger partial charge in [0.15, 0.2) is 17.5 Å². The minimum Gasteiger partial charge on any atom is -0.309 e. The fraction of sp³-hybridized carbons (Fsp3) is 0. The van der Waals surface area contributed by atoms with Crippen LogP contribution in [0.5, 0.6) is 0 Å². The number of rotatable bonds is 6. The lowest BCUT2D eigenvalue weighted by Crippen LogP contribution is -2.01. The minimum atomic E-state index is 0.637. The van der Waals surface area contributed by atoms with Crippen LogP contribution in [0.2, 0.25) is 0 Å². The third-order valence-corrected chi connectivity index (χ3v) is 13.8. The zero-order valence-electron chi connectivity index (χ0n) is 34.5. The quantitative estimate of drug-likeness (QED) is 0.168. The molecule has 0 fully saturated rings. The van der Waals surface area contributed by atoms with Crippen LogP contribution in [0.4, 0.5) is 0 Å². The average Bonchev–Trinajstić information content (AvgIpc) is 3.92. The maximum Gasteiger partial charge on any atom is 0.165 e. The van der Waals surface area contributed by atoms with E-state index >= 15 is 0 Å². The average molecular weight is 833 g/mol. The molecule has 5 heteroatoms. The molecule has 0 radical (unpaired) electrons. The van der Waals surface area contributed by atoms with E-state index in [0.29, 0.717) is 17.5 Å². The Morgan fingerprint density at radius 1 is 0.312 bits per heavy atom. The molecule has 13 rings (SSSR count). The molecule has 10 aromatic carbocycles. The molecule has 0 aliphatic carbocycles. The lowest BCUT2D eigenvalue weighted by Gasteiger charge is -2.15. The molecule has 64 heavy (non-hydrogen) atoms. The van der Waals surface area contributed by atoms with Gasteiger partial charge in [-0.25, -0.2) is 15.0 Å². The van der Waals surface area contributed by atoms with Gasteiger partial charge in [-0.1, -0.05) is 188 Å². The number of hydrogen-bond donors (Lipinski definition) is 0. The molecular weight excluding hydrogens is 797 g/mol. The summed E-state index contributed by atoms with van der Waals surface area (Å²) in [5.74, 6) is 1.91. The van der Waals surface area contributed by atoms with Gasteiger partial charge in [0.1, 0.15) is 0 Å². The van der Waals surface area contributed by atoms with Gasteiger partial charge in [0, 0.05) is 53.3 Å². The van der Waals surface area contributed by atoms with Gasteiger partial charge >= 0.3 is 0 Å². The van der Waals surface area contributed by atoms with Crippen molar-refractivity contribution in [3.05, 3.63) is 218 Å². The van der Waals surface area contributed by atoms with Gasteiger partial charge in [-0.15, -0.1) is 11.3 Å². The highest BCUT2D eigenvalue weighted by molar-refractivity contribution is 7.26. The van der Waals surface area contributed by atoms with Gasteiger partial charge in [-0.3, -0.25) is 0 Å². The van der Waals surface area contributed by atoms with E-state index in [1.807, 2.05) is 36.4 Å². The molecule has 3 aromatic heterocycles. The van der Waals surface area contributed by atoms with E-state index in [4.69, 9.17) is 15.0 Å². The number of aromatic nitrogens is 4. The third-order valence-electron chi connectivity index (χ3n) is 12.6. The van der Waals surface area contributed by atoms with Crippen LogP contribution >= 0.6 is 11.3 Å². The van der Waals surface area contributed by atoms with E-state index in [-0.39, 0.29) is 0 Å². The number of benzene rings is 10. The van der Waals surface area contributed by atoms with Crippen LogP contribution in [0.15, 0.2) is 218 Å². The van der Waals surface area contributed by atoms with E-state index < -0.39 is 0 Å². The van der Waals surface area contributed by atoms with Crippen LogP contribution in [0.25, 0.3) is 126 Å². The topological polar surface area (TPSA) is 43.6 Å². The second-order valence-corrected chi connectivity index (χ2v) is 17.4. The van der Waals surface area contributed by atoms with Gasteiger partial charge in [0.25, 0.3) is 0 Å². The summed E-state index contributed by atoms with van der Waals surface area (Å²) in [5.41, 5.74) is 10.9. The standard InChI is InChI=1S/C59H36N4S/c1-5-19-37(20-6-1)47-35-51-54(45-30-15-13-27-42(45)47)55-46-31-16-14-28-43(46)48(38-21-7-2-8-22-38)36-52(55)63(51)41-33-49-44-29-17-18-32-53(44)64-56(49)50(34-41)59-61-57(39-23-9-3-10-24-39)60-58(62-59)40-25-11-4-12-26-40/h1-36H. The van der Waals surface area contributed by atoms with Crippen molar-refractivity contribution in [1.29, 1.82) is 0 Å². The summed E-state index contributed by atoms with van der Waals surface area (Å²) in [6.07, 6.45) is 0. The molecule has 0 spiro atoms. The summed E-state index contributed by atoms with van der Waals surface area (Å²) >= 11 is 1.79. The van der Waals surface area contributed by atoms with Crippen LogP contribution in [0, 0.1) is 0 Å². The molecule has 0 aliphatic rings. The second-order valence-electron chi connectivity index (χ2n) is 16.3. The molecule has 0 bridgehead atoms. The van der Waals surface area contributed by atoms with Crippen molar-refractivity contribution in [2.75, 3.05) is 0 Å². The number of nitrogens with zero attached hydrogens (tertiary/aromatic N) is 4. The Morgan fingerprint density at radius 3 is 1.22 bits per heavy atom. The lowest BCUT2D eigenvalue weighted by molar-refractivity contribution is 1.07. The zero-order chi connectivity index (χ0) is 42.1. The number of fused-ring (bicyclic) bond motifs is 10. The number of hydrogen-bond acceptors (Lipinski definition) is 4. The summed E-state index contributed by atoms with van der Waals surface area (Å²) in [6.45, 7) is 0. The highest BCUT2D eigenvalue weighted by atomic mass is 32.1. The van der Waals surface area contributed by atoms with Gasteiger partial charge in [0.05, 0.1) is 11.0 Å². The Morgan fingerprint density at radius 2 is 0.719 bits per heavy atom. The predicted molar refractivity (Wildman–Crippen MR) is 269 cm³/mol. The van der Waals surface area contributed by atoms with Gasteiger partial charge in [0.2, 0.25) is 0 Å². The third kappa shape index (κ3) is 5.79. The largest absolute Gasteiger partial charge is 0.309 e. The van der Waals surface area contributed by atoms with Crippen molar-refractivity contribution >= 4 is 74.9 Å². The first kappa shape index (κ1) is 36.4. The van der Waals surface area contributed by atoms with Crippen molar-refractivity contribution in [2.45, 2.75) is 0 Å². The Labute approximate surface area is 373 Å². The van der Waals surface area contributed by atoms with Crippen LogP contribution in [0.1, 0.15) is 0 Å².